The second-order valence-corrected chi connectivity index (χ2v) is 3.42. The Balaban J connectivity index is 2.97. The van der Waals surface area contributed by atoms with Gasteiger partial charge in [0.1, 0.15) is 0 Å². The zero-order valence-electron chi connectivity index (χ0n) is 9.66. The van der Waals surface area contributed by atoms with Crippen LogP contribution in [0.3, 0.4) is 0 Å². The summed E-state index contributed by atoms with van der Waals surface area (Å²) in [7, 11) is 0. The lowest BCUT2D eigenvalue weighted by Gasteiger charge is -2.01. The third-order valence-electron chi connectivity index (χ3n) is 2.08. The number of carbonyl (C=O) groups is 1. The van der Waals surface area contributed by atoms with Crippen molar-refractivity contribution in [3.63, 3.8) is 0 Å². The first-order valence-electron chi connectivity index (χ1n) is 5.05. The fourth-order valence-corrected chi connectivity index (χ4v) is 1.23. The summed E-state index contributed by atoms with van der Waals surface area (Å²) in [5.41, 5.74) is -0.457. The molecule has 0 aliphatic heterocycles. The van der Waals surface area contributed by atoms with E-state index in [2.05, 4.69) is 11.2 Å². The van der Waals surface area contributed by atoms with E-state index in [1.807, 2.05) is 0 Å². The molecular formula is C12H10N2O5. The van der Waals surface area contributed by atoms with Crippen molar-refractivity contribution in [2.75, 3.05) is 6.54 Å². The highest BCUT2D eigenvalue weighted by atomic mass is 16.6. The molecule has 1 amide bonds. The number of hydrogen-bond donors (Lipinski definition) is 3. The highest BCUT2D eigenvalue weighted by Crippen LogP contribution is 2.36. The number of nitrogens with one attached hydrogen (secondary N) is 1. The first-order chi connectivity index (χ1) is 8.95. The third kappa shape index (κ3) is 3.74. The maximum Gasteiger partial charge on any atom is 0.315 e. The van der Waals surface area contributed by atoms with Crippen molar-refractivity contribution >= 4 is 17.7 Å². The number of phenolic OH excluding ortho intramolecular Hbond substituents is 2. The molecule has 98 valence electrons. The van der Waals surface area contributed by atoms with E-state index in [1.165, 1.54) is 6.08 Å². The summed E-state index contributed by atoms with van der Waals surface area (Å²) in [6.45, 7) is 0.0597. The number of nitro groups is 1. The Morgan fingerprint density at radius 2 is 2.21 bits per heavy atom. The van der Waals surface area contributed by atoms with Gasteiger partial charge in [0.25, 0.3) is 0 Å². The lowest BCUT2D eigenvalue weighted by atomic mass is 10.1. The lowest BCUT2D eigenvalue weighted by Crippen LogP contribution is -2.20. The summed E-state index contributed by atoms with van der Waals surface area (Å²) in [4.78, 5) is 21.0. The minimum Gasteiger partial charge on any atom is -0.504 e. The largest absolute Gasteiger partial charge is 0.504 e. The normalized spacial score (nSPS) is 10.1. The number of amides is 1. The topological polar surface area (TPSA) is 113 Å². The molecule has 0 atom stereocenters. The van der Waals surface area contributed by atoms with E-state index in [0.717, 1.165) is 18.2 Å². The molecule has 0 aliphatic rings. The van der Waals surface area contributed by atoms with Gasteiger partial charge in [-0.1, -0.05) is 5.92 Å². The SMILES string of the molecule is C#CCNC(=O)/C=C/c1cc(O)c(O)c([N+](=O)[O-])c1. The van der Waals surface area contributed by atoms with E-state index in [-0.39, 0.29) is 12.1 Å². The quantitative estimate of drug-likeness (QED) is 0.244. The number of hydrogen-bond acceptors (Lipinski definition) is 5. The Bertz CT molecular complexity index is 587. The standard InChI is InChI=1S/C12H10N2O5/c1-2-5-13-11(16)4-3-8-6-9(14(18)19)12(17)10(15)7-8/h1,3-4,6-7,15,17H,5H2,(H,13,16)/b4-3+. The predicted molar refractivity (Wildman–Crippen MR) is 67.3 cm³/mol. The van der Waals surface area contributed by atoms with Crippen molar-refractivity contribution in [1.82, 2.24) is 5.32 Å². The molecule has 19 heavy (non-hydrogen) atoms. The summed E-state index contributed by atoms with van der Waals surface area (Å²) in [5.74, 6) is 0.269. The van der Waals surface area contributed by atoms with Crippen LogP contribution in [0.5, 0.6) is 11.5 Å². The zero-order chi connectivity index (χ0) is 14.4. The van der Waals surface area contributed by atoms with Gasteiger partial charge < -0.3 is 15.5 Å². The van der Waals surface area contributed by atoms with Crippen molar-refractivity contribution in [2.24, 2.45) is 0 Å². The molecule has 1 aromatic rings. The van der Waals surface area contributed by atoms with Gasteiger partial charge in [0.2, 0.25) is 11.7 Å². The van der Waals surface area contributed by atoms with Crippen LogP contribution in [0.25, 0.3) is 6.08 Å². The first kappa shape index (κ1) is 14.1. The van der Waals surface area contributed by atoms with E-state index in [9.17, 15) is 25.1 Å². The van der Waals surface area contributed by atoms with Crippen molar-refractivity contribution < 1.29 is 19.9 Å². The number of nitrogens with zero attached hydrogens (tertiary/aromatic N) is 1. The summed E-state index contributed by atoms with van der Waals surface area (Å²) >= 11 is 0. The minimum atomic E-state index is -0.842. The van der Waals surface area contributed by atoms with Crippen LogP contribution < -0.4 is 5.32 Å². The van der Waals surface area contributed by atoms with Crippen molar-refractivity contribution in [3.05, 3.63) is 33.9 Å². The molecule has 0 saturated carbocycles. The number of aromatic hydroxyl groups is 2. The molecule has 0 aromatic heterocycles. The Kier molecular flexibility index (Phi) is 4.49. The van der Waals surface area contributed by atoms with Crippen molar-refractivity contribution in [1.29, 1.82) is 0 Å². The lowest BCUT2D eigenvalue weighted by molar-refractivity contribution is -0.386. The molecule has 0 fully saturated rings. The molecule has 0 radical (unpaired) electrons. The average Bonchev–Trinajstić information content (AvgIpc) is 2.37. The van der Waals surface area contributed by atoms with Gasteiger partial charge in [-0.15, -0.1) is 6.42 Å². The van der Waals surface area contributed by atoms with Crippen LogP contribution in [-0.2, 0) is 4.79 Å². The van der Waals surface area contributed by atoms with Gasteiger partial charge in [0, 0.05) is 12.1 Å². The summed E-state index contributed by atoms with van der Waals surface area (Å²) in [6, 6.07) is 2.12. The Morgan fingerprint density at radius 3 is 2.79 bits per heavy atom. The highest BCUT2D eigenvalue weighted by molar-refractivity contribution is 5.92. The van der Waals surface area contributed by atoms with E-state index < -0.39 is 28.0 Å². The van der Waals surface area contributed by atoms with Gasteiger partial charge in [-0.05, 0) is 17.7 Å². The van der Waals surface area contributed by atoms with Gasteiger partial charge in [-0.3, -0.25) is 14.9 Å². The van der Waals surface area contributed by atoms with Crippen LogP contribution in [-0.4, -0.2) is 27.6 Å². The fraction of sp³-hybridized carbons (Fsp3) is 0.0833. The van der Waals surface area contributed by atoms with Crippen LogP contribution in [0, 0.1) is 22.5 Å². The molecule has 0 saturated heterocycles. The van der Waals surface area contributed by atoms with Gasteiger partial charge >= 0.3 is 5.69 Å². The third-order valence-corrected chi connectivity index (χ3v) is 2.08. The molecule has 0 unspecified atom stereocenters. The van der Waals surface area contributed by atoms with Crippen LogP contribution >= 0.6 is 0 Å². The number of nitro benzene ring substituents is 1. The molecule has 0 bridgehead atoms. The molecule has 1 rings (SSSR count). The molecular weight excluding hydrogens is 252 g/mol. The second-order valence-electron chi connectivity index (χ2n) is 3.42. The van der Waals surface area contributed by atoms with E-state index in [1.54, 1.807) is 0 Å². The summed E-state index contributed by atoms with van der Waals surface area (Å²) in [5, 5.41) is 31.6. The molecule has 7 nitrogen and oxygen atoms in total. The second kappa shape index (κ2) is 6.07. The van der Waals surface area contributed by atoms with Gasteiger partial charge in [-0.25, -0.2) is 0 Å². The summed E-state index contributed by atoms with van der Waals surface area (Å²) < 4.78 is 0. The van der Waals surface area contributed by atoms with Gasteiger partial charge in [0.05, 0.1) is 11.5 Å². The van der Waals surface area contributed by atoms with Crippen molar-refractivity contribution in [3.8, 4) is 23.8 Å². The fourth-order valence-electron chi connectivity index (χ4n) is 1.23. The molecule has 0 heterocycles. The number of carbonyl (C=O) groups excluding carboxylic acids is 1. The van der Waals surface area contributed by atoms with Crippen LogP contribution in [0.2, 0.25) is 0 Å². The smallest absolute Gasteiger partial charge is 0.315 e. The maximum atomic E-state index is 11.2. The molecule has 0 aliphatic carbocycles. The Morgan fingerprint density at radius 1 is 1.53 bits per heavy atom. The van der Waals surface area contributed by atoms with Crippen LogP contribution in [0.15, 0.2) is 18.2 Å². The number of terminal acetylenes is 1. The molecule has 7 heteroatoms. The van der Waals surface area contributed by atoms with Gasteiger partial charge in [-0.2, -0.15) is 0 Å². The molecule has 0 spiro atoms. The van der Waals surface area contributed by atoms with E-state index in [4.69, 9.17) is 6.42 Å². The monoisotopic (exact) mass is 262 g/mol. The number of benzene rings is 1. The average molecular weight is 262 g/mol. The Labute approximate surface area is 108 Å². The van der Waals surface area contributed by atoms with E-state index >= 15 is 0 Å². The van der Waals surface area contributed by atoms with Gasteiger partial charge in [0.15, 0.2) is 5.75 Å². The highest BCUT2D eigenvalue weighted by Gasteiger charge is 2.17. The van der Waals surface area contributed by atoms with Crippen molar-refractivity contribution in [2.45, 2.75) is 0 Å². The number of phenols is 2. The number of rotatable bonds is 4. The summed E-state index contributed by atoms with van der Waals surface area (Å²) in [6.07, 6.45) is 7.30. The van der Waals surface area contributed by atoms with Crippen LogP contribution in [0.1, 0.15) is 5.56 Å². The molecule has 3 N–H and O–H groups in total. The first-order valence-corrected chi connectivity index (χ1v) is 5.05. The zero-order valence-corrected chi connectivity index (χ0v) is 9.66. The van der Waals surface area contributed by atoms with E-state index in [0.29, 0.717) is 0 Å². The molecule has 1 aromatic carbocycles. The predicted octanol–water partition coefficient (Wildman–Crippen LogP) is 0.769. The minimum absolute atomic E-state index is 0.0597. The van der Waals surface area contributed by atoms with Crippen LogP contribution in [0.4, 0.5) is 5.69 Å². The Hall–Kier alpha value is -3.01. The maximum absolute atomic E-state index is 11.2.